The van der Waals surface area contributed by atoms with Crippen LogP contribution in [0.3, 0.4) is 0 Å². The first-order valence-electron chi connectivity index (χ1n) is 6.72. The molecule has 1 saturated heterocycles. The molecule has 0 radical (unpaired) electrons. The van der Waals surface area contributed by atoms with E-state index < -0.39 is 10.0 Å². The summed E-state index contributed by atoms with van der Waals surface area (Å²) in [6.07, 6.45) is 2.87. The van der Waals surface area contributed by atoms with Crippen LogP contribution in [0, 0.1) is 0 Å². The van der Waals surface area contributed by atoms with Gasteiger partial charge < -0.3 is 4.90 Å². The predicted octanol–water partition coefficient (Wildman–Crippen LogP) is 0.625. The van der Waals surface area contributed by atoms with E-state index >= 15 is 0 Å². The van der Waals surface area contributed by atoms with E-state index in [0.29, 0.717) is 31.6 Å². The number of pyridine rings is 1. The van der Waals surface area contributed by atoms with Crippen LogP contribution >= 0.6 is 0 Å². The van der Waals surface area contributed by atoms with Gasteiger partial charge in [0.1, 0.15) is 5.69 Å². The first-order valence-corrected chi connectivity index (χ1v) is 8.37. The molecule has 0 bridgehead atoms. The van der Waals surface area contributed by atoms with Crippen LogP contribution in [0.2, 0.25) is 0 Å². The van der Waals surface area contributed by atoms with Crippen molar-refractivity contribution in [1.82, 2.24) is 14.6 Å². The van der Waals surface area contributed by atoms with E-state index in [2.05, 4.69) is 9.71 Å². The zero-order chi connectivity index (χ0) is 14.6. The molecule has 7 heteroatoms. The summed E-state index contributed by atoms with van der Waals surface area (Å²) in [4.78, 5) is 17.9. The summed E-state index contributed by atoms with van der Waals surface area (Å²) in [6.45, 7) is 2.71. The van der Waals surface area contributed by atoms with Crippen LogP contribution in [0.4, 0.5) is 0 Å². The molecule has 1 aromatic rings. The standard InChI is InChI=1S/C13H19N3O3S/c1-2-20(18,19)15-11-6-9-16(10-7-11)13(17)12-5-3-4-8-14-12/h3-5,8,11,15H,2,6-7,9-10H2,1H3. The summed E-state index contributed by atoms with van der Waals surface area (Å²) in [5.41, 5.74) is 0.431. The van der Waals surface area contributed by atoms with Crippen molar-refractivity contribution in [3.63, 3.8) is 0 Å². The molecule has 0 aromatic carbocycles. The van der Waals surface area contributed by atoms with Crippen LogP contribution in [0.5, 0.6) is 0 Å². The minimum Gasteiger partial charge on any atom is -0.337 e. The molecule has 1 fully saturated rings. The number of nitrogens with zero attached hydrogens (tertiary/aromatic N) is 2. The number of likely N-dealkylation sites (tertiary alicyclic amines) is 1. The second kappa shape index (κ2) is 6.32. The highest BCUT2D eigenvalue weighted by Crippen LogP contribution is 2.13. The minimum absolute atomic E-state index is 0.0762. The topological polar surface area (TPSA) is 79.4 Å². The Morgan fingerprint density at radius 2 is 2.10 bits per heavy atom. The number of carbonyl (C=O) groups is 1. The fraction of sp³-hybridized carbons (Fsp3) is 0.538. The van der Waals surface area contributed by atoms with E-state index in [1.54, 1.807) is 36.2 Å². The Balaban J connectivity index is 1.90. The van der Waals surface area contributed by atoms with Gasteiger partial charge in [0.25, 0.3) is 5.91 Å². The van der Waals surface area contributed by atoms with Gasteiger partial charge >= 0.3 is 0 Å². The number of aromatic nitrogens is 1. The number of hydrogen-bond acceptors (Lipinski definition) is 4. The minimum atomic E-state index is -3.17. The maximum Gasteiger partial charge on any atom is 0.272 e. The van der Waals surface area contributed by atoms with Gasteiger partial charge in [-0.1, -0.05) is 6.07 Å². The molecule has 1 aliphatic heterocycles. The van der Waals surface area contributed by atoms with Crippen LogP contribution in [-0.2, 0) is 10.0 Å². The third-order valence-corrected chi connectivity index (χ3v) is 4.84. The van der Waals surface area contributed by atoms with Gasteiger partial charge in [-0.15, -0.1) is 0 Å². The molecule has 110 valence electrons. The molecule has 20 heavy (non-hydrogen) atoms. The lowest BCUT2D eigenvalue weighted by atomic mass is 10.1. The summed E-state index contributed by atoms with van der Waals surface area (Å²) in [5.74, 6) is -0.0116. The van der Waals surface area contributed by atoms with Gasteiger partial charge in [0, 0.05) is 25.3 Å². The predicted molar refractivity (Wildman–Crippen MR) is 75.8 cm³/mol. The Bertz CT molecular complexity index is 551. The molecule has 1 amide bonds. The molecule has 1 aromatic heterocycles. The van der Waals surface area contributed by atoms with Gasteiger partial charge in [-0.3, -0.25) is 9.78 Å². The van der Waals surface area contributed by atoms with Gasteiger partial charge in [-0.05, 0) is 31.9 Å². The first-order chi connectivity index (χ1) is 9.52. The molecule has 1 N–H and O–H groups in total. The molecule has 6 nitrogen and oxygen atoms in total. The number of sulfonamides is 1. The zero-order valence-electron chi connectivity index (χ0n) is 11.4. The van der Waals surface area contributed by atoms with Crippen molar-refractivity contribution in [3.05, 3.63) is 30.1 Å². The number of rotatable bonds is 4. The smallest absolute Gasteiger partial charge is 0.272 e. The van der Waals surface area contributed by atoms with E-state index in [-0.39, 0.29) is 17.7 Å². The number of hydrogen-bond donors (Lipinski definition) is 1. The van der Waals surface area contributed by atoms with E-state index in [0.717, 1.165) is 0 Å². The Labute approximate surface area is 119 Å². The lowest BCUT2D eigenvalue weighted by Crippen LogP contribution is -2.46. The van der Waals surface area contributed by atoms with Gasteiger partial charge in [0.15, 0.2) is 0 Å². The molecule has 0 aliphatic carbocycles. The normalized spacial score (nSPS) is 17.1. The SMILES string of the molecule is CCS(=O)(=O)NC1CCN(C(=O)c2ccccn2)CC1. The summed E-state index contributed by atoms with van der Waals surface area (Å²) in [7, 11) is -3.17. The average molecular weight is 297 g/mol. The second-order valence-electron chi connectivity index (χ2n) is 4.80. The van der Waals surface area contributed by atoms with Crippen molar-refractivity contribution in [1.29, 1.82) is 0 Å². The van der Waals surface area contributed by atoms with Gasteiger partial charge in [0.05, 0.1) is 5.75 Å². The second-order valence-corrected chi connectivity index (χ2v) is 6.85. The van der Waals surface area contributed by atoms with Crippen LogP contribution in [0.25, 0.3) is 0 Å². The lowest BCUT2D eigenvalue weighted by molar-refractivity contribution is 0.0705. The number of amides is 1. The van der Waals surface area contributed by atoms with E-state index in [4.69, 9.17) is 0 Å². The molecule has 1 aliphatic rings. The van der Waals surface area contributed by atoms with Gasteiger partial charge in [-0.25, -0.2) is 13.1 Å². The molecular weight excluding hydrogens is 278 g/mol. The quantitative estimate of drug-likeness (QED) is 0.884. The lowest BCUT2D eigenvalue weighted by Gasteiger charge is -2.31. The third kappa shape index (κ3) is 3.77. The first kappa shape index (κ1) is 14.9. The van der Waals surface area contributed by atoms with Crippen molar-refractivity contribution in [2.75, 3.05) is 18.8 Å². The molecule has 0 saturated carbocycles. The van der Waals surface area contributed by atoms with Crippen molar-refractivity contribution >= 4 is 15.9 Å². The van der Waals surface area contributed by atoms with Crippen LogP contribution < -0.4 is 4.72 Å². The average Bonchev–Trinajstić information content (AvgIpc) is 2.48. The fourth-order valence-electron chi connectivity index (χ4n) is 2.19. The summed E-state index contributed by atoms with van der Waals surface area (Å²) in [6, 6.07) is 5.16. The monoisotopic (exact) mass is 297 g/mol. The highest BCUT2D eigenvalue weighted by molar-refractivity contribution is 7.89. The van der Waals surface area contributed by atoms with Gasteiger partial charge in [-0.2, -0.15) is 0 Å². The van der Waals surface area contributed by atoms with Crippen molar-refractivity contribution < 1.29 is 13.2 Å². The number of nitrogens with one attached hydrogen (secondary N) is 1. The molecule has 0 unspecified atom stereocenters. The van der Waals surface area contributed by atoms with E-state index in [1.165, 1.54) is 0 Å². The molecule has 2 heterocycles. The van der Waals surface area contributed by atoms with Crippen LogP contribution in [-0.4, -0.2) is 49.1 Å². The fourth-order valence-corrected chi connectivity index (χ4v) is 3.10. The molecule has 0 atom stereocenters. The number of piperidine rings is 1. The van der Waals surface area contributed by atoms with Gasteiger partial charge in [0.2, 0.25) is 10.0 Å². The van der Waals surface area contributed by atoms with Crippen molar-refractivity contribution in [2.45, 2.75) is 25.8 Å². The molecule has 0 spiro atoms. The Kier molecular flexibility index (Phi) is 4.72. The highest BCUT2D eigenvalue weighted by Gasteiger charge is 2.26. The highest BCUT2D eigenvalue weighted by atomic mass is 32.2. The Hall–Kier alpha value is -1.47. The van der Waals surface area contributed by atoms with E-state index in [1.807, 2.05) is 0 Å². The summed E-state index contributed by atoms with van der Waals surface area (Å²) in [5, 5.41) is 0. The number of carbonyl (C=O) groups excluding carboxylic acids is 1. The largest absolute Gasteiger partial charge is 0.337 e. The maximum atomic E-state index is 12.2. The molecule has 2 rings (SSSR count). The van der Waals surface area contributed by atoms with Crippen LogP contribution in [0.1, 0.15) is 30.3 Å². The maximum absolute atomic E-state index is 12.2. The molecular formula is C13H19N3O3S. The van der Waals surface area contributed by atoms with Crippen molar-refractivity contribution in [3.8, 4) is 0 Å². The summed E-state index contributed by atoms with van der Waals surface area (Å²) >= 11 is 0. The Morgan fingerprint density at radius 3 is 2.65 bits per heavy atom. The summed E-state index contributed by atoms with van der Waals surface area (Å²) < 4.78 is 25.7. The third-order valence-electron chi connectivity index (χ3n) is 3.39. The zero-order valence-corrected chi connectivity index (χ0v) is 12.3. The van der Waals surface area contributed by atoms with E-state index in [9.17, 15) is 13.2 Å². The Morgan fingerprint density at radius 1 is 1.40 bits per heavy atom. The van der Waals surface area contributed by atoms with Crippen molar-refractivity contribution in [2.24, 2.45) is 0 Å². The van der Waals surface area contributed by atoms with Crippen LogP contribution in [0.15, 0.2) is 24.4 Å².